The van der Waals surface area contributed by atoms with E-state index in [0.29, 0.717) is 17.1 Å². The first-order chi connectivity index (χ1) is 8.97. The first-order valence-corrected chi connectivity index (χ1v) is 5.33. The van der Waals surface area contributed by atoms with Crippen molar-refractivity contribution >= 4 is 29.2 Å². The SMILES string of the molecule is NC(C(=O)O)C(=O)Nc1ccc2c(c1)NC(=O)CO2. The lowest BCUT2D eigenvalue weighted by Crippen LogP contribution is -2.42. The number of benzene rings is 1. The summed E-state index contributed by atoms with van der Waals surface area (Å²) in [4.78, 5) is 33.1. The number of nitrogens with two attached hydrogens (primary N) is 1. The first-order valence-electron chi connectivity index (χ1n) is 5.33. The monoisotopic (exact) mass is 265 g/mol. The molecule has 1 aliphatic heterocycles. The maximum absolute atomic E-state index is 11.5. The molecule has 1 aromatic carbocycles. The minimum atomic E-state index is -1.65. The molecule has 5 N–H and O–H groups in total. The van der Waals surface area contributed by atoms with Crippen LogP contribution in [0.4, 0.5) is 11.4 Å². The second-order valence-corrected chi connectivity index (χ2v) is 3.85. The van der Waals surface area contributed by atoms with Gasteiger partial charge in [-0.1, -0.05) is 0 Å². The van der Waals surface area contributed by atoms with Crippen molar-refractivity contribution < 1.29 is 24.2 Å². The Bertz CT molecular complexity index is 557. The van der Waals surface area contributed by atoms with Gasteiger partial charge in [0.2, 0.25) is 0 Å². The van der Waals surface area contributed by atoms with Crippen LogP contribution in [0.5, 0.6) is 5.75 Å². The van der Waals surface area contributed by atoms with Gasteiger partial charge in [-0.05, 0) is 18.2 Å². The number of hydrogen-bond acceptors (Lipinski definition) is 5. The summed E-state index contributed by atoms with van der Waals surface area (Å²) in [5, 5.41) is 13.5. The lowest BCUT2D eigenvalue weighted by atomic mass is 10.2. The molecule has 0 saturated heterocycles. The van der Waals surface area contributed by atoms with Gasteiger partial charge in [0.25, 0.3) is 11.8 Å². The van der Waals surface area contributed by atoms with Gasteiger partial charge < -0.3 is 26.2 Å². The molecule has 0 aromatic heterocycles. The highest BCUT2D eigenvalue weighted by Gasteiger charge is 2.22. The molecular weight excluding hydrogens is 254 g/mol. The molecule has 0 bridgehead atoms. The molecule has 1 aromatic rings. The topological polar surface area (TPSA) is 131 Å². The predicted octanol–water partition coefficient (Wildman–Crippen LogP) is -0.632. The fraction of sp³-hybridized carbons (Fsp3) is 0.182. The first kappa shape index (κ1) is 12.8. The standard InChI is InChI=1S/C11H11N3O5/c12-9(11(17)18)10(16)13-5-1-2-7-6(3-5)14-8(15)4-19-7/h1-3,9H,4,12H2,(H,13,16)(H,14,15)(H,17,18). The van der Waals surface area contributed by atoms with Gasteiger partial charge in [0, 0.05) is 5.69 Å². The number of hydrogen-bond donors (Lipinski definition) is 4. The number of carbonyl (C=O) groups excluding carboxylic acids is 2. The van der Waals surface area contributed by atoms with Gasteiger partial charge in [0.1, 0.15) is 5.75 Å². The highest BCUT2D eigenvalue weighted by atomic mass is 16.5. The summed E-state index contributed by atoms with van der Waals surface area (Å²) in [6.07, 6.45) is 0. The zero-order valence-corrected chi connectivity index (χ0v) is 9.67. The van der Waals surface area contributed by atoms with E-state index in [4.69, 9.17) is 15.6 Å². The van der Waals surface area contributed by atoms with E-state index in [9.17, 15) is 14.4 Å². The van der Waals surface area contributed by atoms with Crippen LogP contribution in [0.2, 0.25) is 0 Å². The van der Waals surface area contributed by atoms with E-state index in [0.717, 1.165) is 0 Å². The van der Waals surface area contributed by atoms with Crippen molar-refractivity contribution in [2.24, 2.45) is 5.73 Å². The lowest BCUT2D eigenvalue weighted by molar-refractivity contribution is -0.141. The number of amides is 2. The molecule has 1 atom stereocenters. The summed E-state index contributed by atoms with van der Waals surface area (Å²) < 4.78 is 5.14. The van der Waals surface area contributed by atoms with Crippen molar-refractivity contribution in [3.05, 3.63) is 18.2 Å². The van der Waals surface area contributed by atoms with E-state index in [1.165, 1.54) is 12.1 Å². The Morgan fingerprint density at radius 3 is 2.89 bits per heavy atom. The third kappa shape index (κ3) is 2.80. The third-order valence-electron chi connectivity index (χ3n) is 2.43. The molecule has 1 aliphatic rings. The highest BCUT2D eigenvalue weighted by Crippen LogP contribution is 2.30. The Morgan fingerprint density at radius 1 is 1.47 bits per heavy atom. The molecule has 2 amide bonds. The quantitative estimate of drug-likeness (QED) is 0.538. The number of rotatable bonds is 3. The Labute approximate surface area is 107 Å². The van der Waals surface area contributed by atoms with Gasteiger partial charge in [-0.2, -0.15) is 0 Å². The van der Waals surface area contributed by atoms with Crippen molar-refractivity contribution in [2.45, 2.75) is 6.04 Å². The minimum Gasteiger partial charge on any atom is -0.482 e. The average Bonchev–Trinajstić information content (AvgIpc) is 2.37. The number of fused-ring (bicyclic) bond motifs is 1. The maximum atomic E-state index is 11.5. The number of carboxylic acid groups (broad SMARTS) is 1. The van der Waals surface area contributed by atoms with Crippen LogP contribution < -0.4 is 21.1 Å². The molecule has 0 radical (unpaired) electrons. The number of carboxylic acids is 1. The molecule has 0 saturated carbocycles. The Hall–Kier alpha value is -2.61. The minimum absolute atomic E-state index is 0.0669. The summed E-state index contributed by atoms with van der Waals surface area (Å²) in [5.74, 6) is -2.11. The normalized spacial score (nSPS) is 14.7. The summed E-state index contributed by atoms with van der Waals surface area (Å²) >= 11 is 0. The molecule has 8 heteroatoms. The van der Waals surface area contributed by atoms with Crippen LogP contribution in [0, 0.1) is 0 Å². The largest absolute Gasteiger partial charge is 0.482 e. The summed E-state index contributed by atoms with van der Waals surface area (Å²) in [6.45, 7) is -0.0669. The Balaban J connectivity index is 2.14. The molecular formula is C11H11N3O5. The van der Waals surface area contributed by atoms with E-state index in [1.807, 2.05) is 0 Å². The number of aliphatic carboxylic acids is 1. The van der Waals surface area contributed by atoms with Crippen molar-refractivity contribution in [3.8, 4) is 5.75 Å². The van der Waals surface area contributed by atoms with Gasteiger partial charge in [-0.15, -0.1) is 0 Å². The number of nitrogens with one attached hydrogen (secondary N) is 2. The van der Waals surface area contributed by atoms with Crippen molar-refractivity contribution in [2.75, 3.05) is 17.2 Å². The third-order valence-corrected chi connectivity index (χ3v) is 2.43. The summed E-state index contributed by atoms with van der Waals surface area (Å²) in [5.41, 5.74) is 5.87. The van der Waals surface area contributed by atoms with Crippen LogP contribution in [0.1, 0.15) is 0 Å². The fourth-order valence-electron chi connectivity index (χ4n) is 1.49. The van der Waals surface area contributed by atoms with Crippen LogP contribution in [0.3, 0.4) is 0 Å². The van der Waals surface area contributed by atoms with Gasteiger partial charge >= 0.3 is 5.97 Å². The second-order valence-electron chi connectivity index (χ2n) is 3.85. The molecule has 2 rings (SSSR count). The molecule has 8 nitrogen and oxygen atoms in total. The van der Waals surface area contributed by atoms with Gasteiger partial charge in [0.05, 0.1) is 5.69 Å². The Morgan fingerprint density at radius 2 is 2.21 bits per heavy atom. The van der Waals surface area contributed by atoms with Crippen LogP contribution in [0.15, 0.2) is 18.2 Å². The van der Waals surface area contributed by atoms with Crippen LogP contribution in [-0.4, -0.2) is 35.5 Å². The lowest BCUT2D eigenvalue weighted by Gasteiger charge is -2.18. The van der Waals surface area contributed by atoms with Gasteiger partial charge in [0.15, 0.2) is 12.6 Å². The van der Waals surface area contributed by atoms with Crippen molar-refractivity contribution in [1.82, 2.24) is 0 Å². The predicted molar refractivity (Wildman–Crippen MR) is 64.8 cm³/mol. The van der Waals surface area contributed by atoms with E-state index in [1.54, 1.807) is 6.07 Å². The Kier molecular flexibility index (Phi) is 3.34. The second kappa shape index (κ2) is 4.94. The van der Waals surface area contributed by atoms with E-state index < -0.39 is 17.9 Å². The molecule has 0 aliphatic carbocycles. The molecule has 100 valence electrons. The summed E-state index contributed by atoms with van der Waals surface area (Å²) in [7, 11) is 0. The molecule has 19 heavy (non-hydrogen) atoms. The van der Waals surface area contributed by atoms with Crippen LogP contribution >= 0.6 is 0 Å². The molecule has 1 heterocycles. The van der Waals surface area contributed by atoms with Crippen molar-refractivity contribution in [3.63, 3.8) is 0 Å². The average molecular weight is 265 g/mol. The van der Waals surface area contributed by atoms with Gasteiger partial charge in [-0.25, -0.2) is 4.79 Å². The highest BCUT2D eigenvalue weighted by molar-refractivity contribution is 6.08. The van der Waals surface area contributed by atoms with Gasteiger partial charge in [-0.3, -0.25) is 9.59 Å². The molecule has 0 spiro atoms. The van der Waals surface area contributed by atoms with E-state index in [2.05, 4.69) is 10.6 Å². The smallest absolute Gasteiger partial charge is 0.330 e. The number of carbonyl (C=O) groups is 3. The summed E-state index contributed by atoms with van der Waals surface area (Å²) in [6, 6.07) is 2.88. The zero-order chi connectivity index (χ0) is 14.0. The van der Waals surface area contributed by atoms with Crippen molar-refractivity contribution in [1.29, 1.82) is 0 Å². The van der Waals surface area contributed by atoms with E-state index in [-0.39, 0.29) is 12.5 Å². The zero-order valence-electron chi connectivity index (χ0n) is 9.67. The maximum Gasteiger partial charge on any atom is 0.330 e. The van der Waals surface area contributed by atoms with E-state index >= 15 is 0 Å². The number of ether oxygens (including phenoxy) is 1. The fourth-order valence-corrected chi connectivity index (χ4v) is 1.49. The molecule has 0 fully saturated rings. The molecule has 1 unspecified atom stereocenters. The van der Waals surface area contributed by atoms with Crippen LogP contribution in [0.25, 0.3) is 0 Å². The van der Waals surface area contributed by atoms with Crippen LogP contribution in [-0.2, 0) is 14.4 Å². The number of anilines is 2.